The lowest BCUT2D eigenvalue weighted by atomic mass is 10.1. The molecule has 1 amide bonds. The molecule has 4 nitrogen and oxygen atoms in total. The monoisotopic (exact) mass is 269 g/mol. The maximum absolute atomic E-state index is 12.3. The zero-order valence-electron chi connectivity index (χ0n) is 11.9. The van der Waals surface area contributed by atoms with Gasteiger partial charge in [0.15, 0.2) is 0 Å². The lowest BCUT2D eigenvalue weighted by Gasteiger charge is -2.10. The Balaban J connectivity index is 1.77. The van der Waals surface area contributed by atoms with Crippen LogP contribution in [0.2, 0.25) is 0 Å². The third kappa shape index (κ3) is 2.74. The number of hydrogen-bond donors (Lipinski definition) is 1. The fourth-order valence-electron chi connectivity index (χ4n) is 2.21. The van der Waals surface area contributed by atoms with Gasteiger partial charge in [0.25, 0.3) is 5.91 Å². The highest BCUT2D eigenvalue weighted by atomic mass is 16.1. The summed E-state index contributed by atoms with van der Waals surface area (Å²) in [5.41, 5.74) is 2.83. The van der Waals surface area contributed by atoms with Gasteiger partial charge >= 0.3 is 0 Å². The van der Waals surface area contributed by atoms with Crippen LogP contribution in [-0.4, -0.2) is 15.7 Å². The first-order valence-electron chi connectivity index (χ1n) is 7.04. The van der Waals surface area contributed by atoms with E-state index in [1.807, 2.05) is 49.0 Å². The molecule has 1 aliphatic rings. The van der Waals surface area contributed by atoms with Gasteiger partial charge in [0, 0.05) is 17.7 Å². The molecule has 104 valence electrons. The minimum atomic E-state index is -0.0781. The predicted molar refractivity (Wildman–Crippen MR) is 78.8 cm³/mol. The lowest BCUT2D eigenvalue weighted by molar-refractivity contribution is 0.102. The van der Waals surface area contributed by atoms with Gasteiger partial charge in [-0.2, -0.15) is 5.10 Å². The number of nitrogens with one attached hydrogen (secondary N) is 1. The van der Waals surface area contributed by atoms with Crippen LogP contribution in [-0.2, 0) is 6.54 Å². The number of benzene rings is 1. The van der Waals surface area contributed by atoms with Crippen molar-refractivity contribution >= 4 is 11.7 Å². The van der Waals surface area contributed by atoms with E-state index in [1.54, 1.807) is 0 Å². The van der Waals surface area contributed by atoms with Crippen molar-refractivity contribution in [2.24, 2.45) is 5.92 Å². The summed E-state index contributed by atoms with van der Waals surface area (Å²) < 4.78 is 1.92. The number of nitrogens with zero attached hydrogens (tertiary/aromatic N) is 2. The second kappa shape index (κ2) is 5.12. The van der Waals surface area contributed by atoms with Crippen LogP contribution in [0.5, 0.6) is 0 Å². The number of carbonyl (C=O) groups is 1. The molecule has 1 aromatic carbocycles. The molecule has 1 N–H and O–H groups in total. The van der Waals surface area contributed by atoms with Gasteiger partial charge in [-0.05, 0) is 44.7 Å². The standard InChI is InChI=1S/C16H19N3O/c1-11-3-7-14(8-4-11)16(20)18-15-12(2)9-17-19(15)10-13-5-6-13/h3-4,7-9,13H,5-6,10H2,1-2H3,(H,18,20). The summed E-state index contributed by atoms with van der Waals surface area (Å²) in [5.74, 6) is 1.47. The van der Waals surface area contributed by atoms with E-state index in [4.69, 9.17) is 0 Å². The van der Waals surface area contributed by atoms with E-state index >= 15 is 0 Å². The quantitative estimate of drug-likeness (QED) is 0.926. The fraction of sp³-hybridized carbons (Fsp3) is 0.375. The molecule has 0 atom stereocenters. The topological polar surface area (TPSA) is 46.9 Å². The van der Waals surface area contributed by atoms with E-state index < -0.39 is 0 Å². The summed E-state index contributed by atoms with van der Waals surface area (Å²) in [7, 11) is 0. The minimum absolute atomic E-state index is 0.0781. The lowest BCUT2D eigenvalue weighted by Crippen LogP contribution is -2.17. The maximum atomic E-state index is 12.3. The average Bonchev–Trinajstić information content (AvgIpc) is 3.19. The normalized spacial score (nSPS) is 14.3. The SMILES string of the molecule is Cc1ccc(C(=O)Nc2c(C)cnn2CC2CC2)cc1. The van der Waals surface area contributed by atoms with E-state index in [0.717, 1.165) is 29.4 Å². The number of aryl methyl sites for hydroxylation is 2. The molecule has 20 heavy (non-hydrogen) atoms. The summed E-state index contributed by atoms with van der Waals surface area (Å²) in [6.45, 7) is 4.88. The van der Waals surface area contributed by atoms with Gasteiger partial charge in [-0.3, -0.25) is 4.79 Å². The van der Waals surface area contributed by atoms with Crippen LogP contribution in [0.1, 0.15) is 34.3 Å². The zero-order valence-corrected chi connectivity index (χ0v) is 11.9. The number of amides is 1. The first-order chi connectivity index (χ1) is 9.63. The van der Waals surface area contributed by atoms with Crippen molar-refractivity contribution in [3.63, 3.8) is 0 Å². The Kier molecular flexibility index (Phi) is 3.30. The summed E-state index contributed by atoms with van der Waals surface area (Å²) in [5, 5.41) is 7.35. The molecule has 1 saturated carbocycles. The summed E-state index contributed by atoms with van der Waals surface area (Å²) >= 11 is 0. The van der Waals surface area contributed by atoms with Crippen molar-refractivity contribution in [2.75, 3.05) is 5.32 Å². The smallest absolute Gasteiger partial charge is 0.256 e. The number of hydrogen-bond acceptors (Lipinski definition) is 2. The fourth-order valence-corrected chi connectivity index (χ4v) is 2.21. The van der Waals surface area contributed by atoms with Gasteiger partial charge < -0.3 is 5.32 Å². The second-order valence-electron chi connectivity index (χ2n) is 5.62. The highest BCUT2D eigenvalue weighted by Crippen LogP contribution is 2.31. The molecular weight excluding hydrogens is 250 g/mol. The zero-order chi connectivity index (χ0) is 14.1. The molecule has 0 saturated heterocycles. The average molecular weight is 269 g/mol. The molecule has 0 bridgehead atoms. The van der Waals surface area contributed by atoms with E-state index in [0.29, 0.717) is 5.56 Å². The van der Waals surface area contributed by atoms with Crippen LogP contribution in [0.15, 0.2) is 30.5 Å². The highest BCUT2D eigenvalue weighted by molar-refractivity contribution is 6.04. The van der Waals surface area contributed by atoms with Gasteiger partial charge in [0.2, 0.25) is 0 Å². The van der Waals surface area contributed by atoms with Gasteiger partial charge in [-0.25, -0.2) is 4.68 Å². The van der Waals surface area contributed by atoms with Crippen LogP contribution in [0.4, 0.5) is 5.82 Å². The molecule has 0 unspecified atom stereocenters. The van der Waals surface area contributed by atoms with Crippen LogP contribution in [0, 0.1) is 19.8 Å². The van der Waals surface area contributed by atoms with Gasteiger partial charge in [0.1, 0.15) is 5.82 Å². The third-order valence-electron chi connectivity index (χ3n) is 3.70. The number of carbonyl (C=O) groups excluding carboxylic acids is 1. The number of aromatic nitrogens is 2. The summed E-state index contributed by atoms with van der Waals surface area (Å²) in [4.78, 5) is 12.3. The van der Waals surface area contributed by atoms with Crippen molar-refractivity contribution in [2.45, 2.75) is 33.2 Å². The van der Waals surface area contributed by atoms with Crippen molar-refractivity contribution < 1.29 is 4.79 Å². The number of anilines is 1. The van der Waals surface area contributed by atoms with Crippen LogP contribution < -0.4 is 5.32 Å². The molecule has 0 spiro atoms. The van der Waals surface area contributed by atoms with E-state index in [-0.39, 0.29) is 5.91 Å². The van der Waals surface area contributed by atoms with E-state index in [2.05, 4.69) is 10.4 Å². The minimum Gasteiger partial charge on any atom is -0.307 e. The Bertz CT molecular complexity index is 624. The van der Waals surface area contributed by atoms with Crippen molar-refractivity contribution in [3.8, 4) is 0 Å². The molecule has 1 heterocycles. The van der Waals surface area contributed by atoms with Gasteiger partial charge in [0.05, 0.1) is 6.20 Å². The molecule has 1 fully saturated rings. The van der Waals surface area contributed by atoms with Crippen LogP contribution in [0.3, 0.4) is 0 Å². The Morgan fingerprint density at radius 2 is 2.00 bits per heavy atom. The number of rotatable bonds is 4. The molecule has 1 aliphatic carbocycles. The first-order valence-corrected chi connectivity index (χ1v) is 7.04. The Morgan fingerprint density at radius 1 is 1.30 bits per heavy atom. The molecule has 4 heteroatoms. The molecule has 1 aromatic heterocycles. The molecular formula is C16H19N3O. The largest absolute Gasteiger partial charge is 0.307 e. The molecule has 2 aromatic rings. The Hall–Kier alpha value is -2.10. The Labute approximate surface area is 118 Å². The van der Waals surface area contributed by atoms with E-state index in [1.165, 1.54) is 12.8 Å². The first kappa shape index (κ1) is 12.9. The summed E-state index contributed by atoms with van der Waals surface area (Å²) in [6.07, 6.45) is 4.35. The molecule has 0 radical (unpaired) electrons. The van der Waals surface area contributed by atoms with Gasteiger partial charge in [-0.15, -0.1) is 0 Å². The maximum Gasteiger partial charge on any atom is 0.256 e. The van der Waals surface area contributed by atoms with Gasteiger partial charge in [-0.1, -0.05) is 17.7 Å². The van der Waals surface area contributed by atoms with Crippen molar-refractivity contribution in [3.05, 3.63) is 47.2 Å². The van der Waals surface area contributed by atoms with Crippen molar-refractivity contribution in [1.29, 1.82) is 0 Å². The molecule has 0 aliphatic heterocycles. The predicted octanol–water partition coefficient (Wildman–Crippen LogP) is 3.16. The molecule has 3 rings (SSSR count). The van der Waals surface area contributed by atoms with Crippen LogP contribution in [0.25, 0.3) is 0 Å². The third-order valence-corrected chi connectivity index (χ3v) is 3.70. The van der Waals surface area contributed by atoms with E-state index in [9.17, 15) is 4.79 Å². The second-order valence-corrected chi connectivity index (χ2v) is 5.62. The summed E-state index contributed by atoms with van der Waals surface area (Å²) in [6, 6.07) is 7.59. The van der Waals surface area contributed by atoms with Crippen LogP contribution >= 0.6 is 0 Å². The Morgan fingerprint density at radius 3 is 2.65 bits per heavy atom. The highest BCUT2D eigenvalue weighted by Gasteiger charge is 2.24. The van der Waals surface area contributed by atoms with Crippen molar-refractivity contribution in [1.82, 2.24) is 9.78 Å².